The number of nitrogens with two attached hydrogens (primary N) is 1. The standard InChI is InChI=1S/C17H19F2NO/c1-3-14(20)10-12-9-13(18)5-7-16(12)21-17-8-11(2)4-6-15(17)19/h4-9,14H,3,10,20H2,1-2H3. The highest BCUT2D eigenvalue weighted by molar-refractivity contribution is 5.40. The highest BCUT2D eigenvalue weighted by atomic mass is 19.1. The van der Waals surface area contributed by atoms with Crippen molar-refractivity contribution in [1.82, 2.24) is 0 Å². The molecule has 112 valence electrons. The summed E-state index contributed by atoms with van der Waals surface area (Å²) in [5.41, 5.74) is 7.45. The van der Waals surface area contributed by atoms with Crippen LogP contribution < -0.4 is 10.5 Å². The van der Waals surface area contributed by atoms with Gasteiger partial charge < -0.3 is 10.5 Å². The van der Waals surface area contributed by atoms with Crippen molar-refractivity contribution in [3.8, 4) is 11.5 Å². The van der Waals surface area contributed by atoms with Crippen LogP contribution in [0.2, 0.25) is 0 Å². The van der Waals surface area contributed by atoms with Gasteiger partial charge in [-0.3, -0.25) is 0 Å². The van der Waals surface area contributed by atoms with Crippen LogP contribution in [0, 0.1) is 18.6 Å². The van der Waals surface area contributed by atoms with E-state index < -0.39 is 5.82 Å². The fourth-order valence-electron chi connectivity index (χ4n) is 2.04. The zero-order valence-electron chi connectivity index (χ0n) is 12.2. The Balaban J connectivity index is 2.32. The number of ether oxygens (including phenoxy) is 1. The van der Waals surface area contributed by atoms with Gasteiger partial charge >= 0.3 is 0 Å². The lowest BCUT2D eigenvalue weighted by atomic mass is 10.0. The molecule has 0 amide bonds. The van der Waals surface area contributed by atoms with Crippen molar-refractivity contribution < 1.29 is 13.5 Å². The zero-order valence-corrected chi connectivity index (χ0v) is 12.2. The SMILES string of the molecule is CCC(N)Cc1cc(F)ccc1Oc1cc(C)ccc1F. The predicted molar refractivity (Wildman–Crippen MR) is 79.6 cm³/mol. The molecule has 21 heavy (non-hydrogen) atoms. The summed E-state index contributed by atoms with van der Waals surface area (Å²) >= 11 is 0. The molecule has 0 aliphatic rings. The Hall–Kier alpha value is -1.94. The molecular weight excluding hydrogens is 272 g/mol. The number of hydrogen-bond acceptors (Lipinski definition) is 2. The minimum Gasteiger partial charge on any atom is -0.454 e. The van der Waals surface area contributed by atoms with Gasteiger partial charge in [-0.15, -0.1) is 0 Å². The van der Waals surface area contributed by atoms with Crippen molar-refractivity contribution in [3.63, 3.8) is 0 Å². The molecular formula is C17H19F2NO. The van der Waals surface area contributed by atoms with Crippen molar-refractivity contribution >= 4 is 0 Å². The van der Waals surface area contributed by atoms with E-state index in [0.29, 0.717) is 17.7 Å². The number of hydrogen-bond donors (Lipinski definition) is 1. The molecule has 0 spiro atoms. The molecule has 0 bridgehead atoms. The van der Waals surface area contributed by atoms with Gasteiger partial charge in [-0.05, 0) is 61.2 Å². The van der Waals surface area contributed by atoms with E-state index in [-0.39, 0.29) is 17.6 Å². The van der Waals surface area contributed by atoms with Crippen LogP contribution in [0.5, 0.6) is 11.5 Å². The summed E-state index contributed by atoms with van der Waals surface area (Å²) < 4.78 is 32.8. The van der Waals surface area contributed by atoms with Crippen molar-refractivity contribution in [2.45, 2.75) is 32.7 Å². The molecule has 0 aliphatic heterocycles. The van der Waals surface area contributed by atoms with Crippen molar-refractivity contribution in [3.05, 3.63) is 59.2 Å². The molecule has 0 saturated heterocycles. The van der Waals surface area contributed by atoms with Crippen LogP contribution in [0.4, 0.5) is 8.78 Å². The second kappa shape index (κ2) is 6.68. The predicted octanol–water partition coefficient (Wildman–Crippen LogP) is 4.35. The molecule has 2 aromatic carbocycles. The highest BCUT2D eigenvalue weighted by Crippen LogP contribution is 2.29. The Labute approximate surface area is 123 Å². The minimum atomic E-state index is -0.448. The van der Waals surface area contributed by atoms with Crippen molar-refractivity contribution in [2.24, 2.45) is 5.73 Å². The summed E-state index contributed by atoms with van der Waals surface area (Å²) in [6.07, 6.45) is 1.26. The molecule has 2 N–H and O–H groups in total. The van der Waals surface area contributed by atoms with Gasteiger partial charge in [0.05, 0.1) is 0 Å². The van der Waals surface area contributed by atoms with Gasteiger partial charge in [0.25, 0.3) is 0 Å². The van der Waals surface area contributed by atoms with E-state index in [1.807, 2.05) is 13.8 Å². The lowest BCUT2D eigenvalue weighted by molar-refractivity contribution is 0.433. The summed E-state index contributed by atoms with van der Waals surface area (Å²) in [7, 11) is 0. The first-order valence-electron chi connectivity index (χ1n) is 6.97. The first-order chi connectivity index (χ1) is 9.99. The lowest BCUT2D eigenvalue weighted by Gasteiger charge is -2.15. The monoisotopic (exact) mass is 291 g/mol. The van der Waals surface area contributed by atoms with Gasteiger partial charge in [0, 0.05) is 6.04 Å². The Bertz CT molecular complexity index is 628. The third-order valence-corrected chi connectivity index (χ3v) is 3.34. The van der Waals surface area contributed by atoms with Gasteiger partial charge in [-0.1, -0.05) is 13.0 Å². The van der Waals surface area contributed by atoms with Gasteiger partial charge in [-0.2, -0.15) is 0 Å². The van der Waals surface area contributed by atoms with Crippen molar-refractivity contribution in [2.75, 3.05) is 0 Å². The molecule has 2 rings (SSSR count). The first-order valence-corrected chi connectivity index (χ1v) is 6.97. The number of halogens is 2. The summed E-state index contributed by atoms with van der Waals surface area (Å²) in [5.74, 6) is -0.237. The largest absolute Gasteiger partial charge is 0.454 e. The maximum atomic E-state index is 13.8. The van der Waals surface area contributed by atoms with E-state index in [1.165, 1.54) is 24.3 Å². The van der Waals surface area contributed by atoms with E-state index >= 15 is 0 Å². The lowest BCUT2D eigenvalue weighted by Crippen LogP contribution is -2.21. The highest BCUT2D eigenvalue weighted by Gasteiger charge is 2.12. The Kier molecular flexibility index (Phi) is 4.91. The van der Waals surface area contributed by atoms with Crippen LogP contribution in [-0.4, -0.2) is 6.04 Å². The van der Waals surface area contributed by atoms with Gasteiger partial charge in [0.1, 0.15) is 11.6 Å². The normalized spacial score (nSPS) is 12.2. The molecule has 0 fully saturated rings. The average molecular weight is 291 g/mol. The second-order valence-electron chi connectivity index (χ2n) is 5.16. The van der Waals surface area contributed by atoms with Gasteiger partial charge in [-0.25, -0.2) is 8.78 Å². The smallest absolute Gasteiger partial charge is 0.165 e. The van der Waals surface area contributed by atoms with E-state index in [2.05, 4.69) is 0 Å². The summed E-state index contributed by atoms with van der Waals surface area (Å²) in [4.78, 5) is 0. The topological polar surface area (TPSA) is 35.2 Å². The van der Waals surface area contributed by atoms with E-state index in [9.17, 15) is 8.78 Å². The summed E-state index contributed by atoms with van der Waals surface area (Å²) in [5, 5.41) is 0. The molecule has 1 atom stereocenters. The number of benzene rings is 2. The van der Waals surface area contributed by atoms with Crippen LogP contribution in [0.15, 0.2) is 36.4 Å². The second-order valence-corrected chi connectivity index (χ2v) is 5.16. The summed E-state index contributed by atoms with van der Waals surface area (Å²) in [6, 6.07) is 8.74. The van der Waals surface area contributed by atoms with Crippen LogP contribution >= 0.6 is 0 Å². The summed E-state index contributed by atoms with van der Waals surface area (Å²) in [6.45, 7) is 3.82. The minimum absolute atomic E-state index is 0.0866. The maximum absolute atomic E-state index is 13.8. The maximum Gasteiger partial charge on any atom is 0.165 e. The molecule has 2 nitrogen and oxygen atoms in total. The van der Waals surface area contributed by atoms with Crippen LogP contribution in [0.25, 0.3) is 0 Å². The molecule has 0 aromatic heterocycles. The Morgan fingerprint density at radius 2 is 1.86 bits per heavy atom. The quantitative estimate of drug-likeness (QED) is 0.889. The average Bonchev–Trinajstić information content (AvgIpc) is 2.45. The fraction of sp³-hybridized carbons (Fsp3) is 0.294. The first kappa shape index (κ1) is 15.4. The van der Waals surface area contributed by atoms with E-state index in [1.54, 1.807) is 12.1 Å². The molecule has 0 aliphatic carbocycles. The van der Waals surface area contributed by atoms with E-state index in [4.69, 9.17) is 10.5 Å². The Morgan fingerprint density at radius 1 is 1.10 bits per heavy atom. The van der Waals surface area contributed by atoms with E-state index in [0.717, 1.165) is 12.0 Å². The third kappa shape index (κ3) is 4.02. The molecule has 1 unspecified atom stereocenters. The van der Waals surface area contributed by atoms with Crippen molar-refractivity contribution in [1.29, 1.82) is 0 Å². The molecule has 4 heteroatoms. The van der Waals surface area contributed by atoms with Crippen LogP contribution in [-0.2, 0) is 6.42 Å². The fourth-order valence-corrected chi connectivity index (χ4v) is 2.04. The molecule has 0 radical (unpaired) electrons. The molecule has 0 saturated carbocycles. The molecule has 2 aromatic rings. The zero-order chi connectivity index (χ0) is 15.4. The van der Waals surface area contributed by atoms with Gasteiger partial charge in [0.15, 0.2) is 11.6 Å². The molecule has 0 heterocycles. The number of rotatable bonds is 5. The van der Waals surface area contributed by atoms with Crippen LogP contribution in [0.3, 0.4) is 0 Å². The van der Waals surface area contributed by atoms with Gasteiger partial charge in [0.2, 0.25) is 0 Å². The Morgan fingerprint density at radius 3 is 2.57 bits per heavy atom. The van der Waals surface area contributed by atoms with Crippen LogP contribution in [0.1, 0.15) is 24.5 Å². The third-order valence-electron chi connectivity index (χ3n) is 3.34. The number of aryl methyl sites for hydroxylation is 1.